The topological polar surface area (TPSA) is 79.6 Å². The van der Waals surface area contributed by atoms with Crippen LogP contribution in [0.5, 0.6) is 0 Å². The quantitative estimate of drug-likeness (QED) is 0.555. The van der Waals surface area contributed by atoms with Crippen LogP contribution in [0.15, 0.2) is 54.3 Å². The maximum atomic E-state index is 12.2. The van der Waals surface area contributed by atoms with E-state index >= 15 is 0 Å². The number of hydrazine groups is 1. The molecule has 6 heteroatoms. The fourth-order valence-electron chi connectivity index (χ4n) is 4.32. The molecule has 26 heavy (non-hydrogen) atoms. The Morgan fingerprint density at radius 2 is 2.23 bits per heavy atom. The molecular formula is C20H26N4O2. The SMILES string of the molecule is NCC(=O)OC1(Nc2ccccc2)CCCC1N1NCC2CC=CC=C21. The Morgan fingerprint density at radius 1 is 1.38 bits per heavy atom. The number of hydrogen-bond donors (Lipinski definition) is 3. The van der Waals surface area contributed by atoms with Gasteiger partial charge in [-0.1, -0.05) is 30.4 Å². The third-order valence-corrected chi connectivity index (χ3v) is 5.50. The van der Waals surface area contributed by atoms with E-state index in [1.165, 1.54) is 5.70 Å². The van der Waals surface area contributed by atoms with E-state index in [1.807, 2.05) is 30.3 Å². The van der Waals surface area contributed by atoms with Crippen molar-refractivity contribution in [2.24, 2.45) is 11.7 Å². The molecule has 0 bridgehead atoms. The summed E-state index contributed by atoms with van der Waals surface area (Å²) in [5, 5.41) is 5.74. The van der Waals surface area contributed by atoms with Crippen molar-refractivity contribution in [1.29, 1.82) is 0 Å². The van der Waals surface area contributed by atoms with Crippen molar-refractivity contribution in [3.8, 4) is 0 Å². The first kappa shape index (κ1) is 17.1. The maximum absolute atomic E-state index is 12.2. The summed E-state index contributed by atoms with van der Waals surface area (Å²) in [7, 11) is 0. The van der Waals surface area contributed by atoms with E-state index < -0.39 is 5.72 Å². The zero-order chi connectivity index (χ0) is 18.0. The summed E-state index contributed by atoms with van der Waals surface area (Å²) in [6, 6.07) is 9.93. The number of nitrogens with zero attached hydrogens (tertiary/aromatic N) is 1. The highest BCUT2D eigenvalue weighted by atomic mass is 16.6. The van der Waals surface area contributed by atoms with Crippen LogP contribution in [0.4, 0.5) is 5.69 Å². The number of hydrogen-bond acceptors (Lipinski definition) is 6. The zero-order valence-corrected chi connectivity index (χ0v) is 14.9. The lowest BCUT2D eigenvalue weighted by atomic mass is 9.96. The fraction of sp³-hybridized carbons (Fsp3) is 0.450. The Balaban J connectivity index is 1.66. The van der Waals surface area contributed by atoms with Gasteiger partial charge in [0, 0.05) is 30.3 Å². The van der Waals surface area contributed by atoms with E-state index in [4.69, 9.17) is 10.5 Å². The summed E-state index contributed by atoms with van der Waals surface area (Å²) in [6.45, 7) is 0.797. The highest BCUT2D eigenvalue weighted by Crippen LogP contribution is 2.42. The molecule has 3 atom stereocenters. The van der Waals surface area contributed by atoms with Crippen molar-refractivity contribution in [2.75, 3.05) is 18.4 Å². The van der Waals surface area contributed by atoms with E-state index in [9.17, 15) is 4.79 Å². The van der Waals surface area contributed by atoms with Crippen LogP contribution in [0.3, 0.4) is 0 Å². The highest BCUT2D eigenvalue weighted by Gasteiger charge is 2.51. The van der Waals surface area contributed by atoms with Gasteiger partial charge in [-0.3, -0.25) is 4.79 Å². The molecule has 2 fully saturated rings. The van der Waals surface area contributed by atoms with Crippen molar-refractivity contribution < 1.29 is 9.53 Å². The van der Waals surface area contributed by atoms with Crippen molar-refractivity contribution in [3.05, 3.63) is 54.3 Å². The Kier molecular flexibility index (Phi) is 4.70. The standard InChI is InChI=1S/C20H26N4O2/c21-13-19(25)26-20(23-16-8-2-1-3-9-16)12-6-11-18(20)24-17-10-5-4-7-15(17)14-22-24/h1-5,8-10,15,18,22-23H,6-7,11-14,21H2. The van der Waals surface area contributed by atoms with E-state index in [0.717, 1.165) is 37.9 Å². The molecule has 138 valence electrons. The predicted octanol–water partition coefficient (Wildman–Crippen LogP) is 2.13. The fourth-order valence-corrected chi connectivity index (χ4v) is 4.32. The molecule has 1 saturated heterocycles. The third kappa shape index (κ3) is 3.10. The van der Waals surface area contributed by atoms with E-state index in [-0.39, 0.29) is 18.6 Å². The van der Waals surface area contributed by atoms with Crippen molar-refractivity contribution in [1.82, 2.24) is 10.4 Å². The number of anilines is 1. The molecule has 1 aromatic rings. The molecule has 1 saturated carbocycles. The van der Waals surface area contributed by atoms with Crippen LogP contribution in [-0.4, -0.2) is 35.8 Å². The van der Waals surface area contributed by atoms with Crippen LogP contribution >= 0.6 is 0 Å². The summed E-state index contributed by atoms with van der Waals surface area (Å²) in [5.41, 5.74) is 10.5. The lowest BCUT2D eigenvalue weighted by Crippen LogP contribution is -2.58. The van der Waals surface area contributed by atoms with E-state index in [0.29, 0.717) is 5.92 Å². The summed E-state index contributed by atoms with van der Waals surface area (Å²) < 4.78 is 5.95. The minimum absolute atomic E-state index is 0.0148. The van der Waals surface area contributed by atoms with Crippen LogP contribution in [-0.2, 0) is 9.53 Å². The molecule has 3 unspecified atom stereocenters. The maximum Gasteiger partial charge on any atom is 0.321 e. The van der Waals surface area contributed by atoms with Gasteiger partial charge < -0.3 is 20.8 Å². The molecule has 0 amide bonds. The molecule has 1 heterocycles. The minimum atomic E-state index is -0.790. The molecule has 2 aliphatic carbocycles. The minimum Gasteiger partial charge on any atom is -0.436 e. The van der Waals surface area contributed by atoms with Gasteiger partial charge in [-0.05, 0) is 37.5 Å². The van der Waals surface area contributed by atoms with Gasteiger partial charge >= 0.3 is 5.97 Å². The first-order valence-corrected chi connectivity index (χ1v) is 9.36. The average molecular weight is 354 g/mol. The molecule has 0 radical (unpaired) electrons. The molecule has 4 N–H and O–H groups in total. The molecule has 0 aromatic heterocycles. The van der Waals surface area contributed by atoms with Crippen LogP contribution in [0, 0.1) is 5.92 Å². The predicted molar refractivity (Wildman–Crippen MR) is 101 cm³/mol. The van der Waals surface area contributed by atoms with Gasteiger partial charge in [-0.25, -0.2) is 5.43 Å². The summed E-state index contributed by atoms with van der Waals surface area (Å²) in [6.07, 6.45) is 10.2. The normalized spacial score (nSPS) is 30.0. The van der Waals surface area contributed by atoms with E-state index in [1.54, 1.807) is 0 Å². The number of para-hydroxylation sites is 1. The lowest BCUT2D eigenvalue weighted by Gasteiger charge is -2.42. The highest BCUT2D eigenvalue weighted by molar-refractivity contribution is 5.72. The number of esters is 1. The molecule has 1 aromatic carbocycles. The number of nitrogens with one attached hydrogen (secondary N) is 2. The smallest absolute Gasteiger partial charge is 0.321 e. The molecular weight excluding hydrogens is 328 g/mol. The third-order valence-electron chi connectivity index (χ3n) is 5.50. The molecule has 0 spiro atoms. The van der Waals surface area contributed by atoms with Crippen LogP contribution in [0.25, 0.3) is 0 Å². The van der Waals surface area contributed by atoms with Crippen molar-refractivity contribution in [2.45, 2.75) is 37.5 Å². The van der Waals surface area contributed by atoms with Crippen LogP contribution in [0.2, 0.25) is 0 Å². The van der Waals surface area contributed by atoms with Gasteiger partial charge in [-0.15, -0.1) is 0 Å². The Hall–Kier alpha value is -2.31. The number of rotatable bonds is 5. The Morgan fingerprint density at radius 3 is 3.04 bits per heavy atom. The van der Waals surface area contributed by atoms with Crippen LogP contribution < -0.4 is 16.5 Å². The monoisotopic (exact) mass is 354 g/mol. The van der Waals surface area contributed by atoms with Gasteiger partial charge in [0.1, 0.15) is 6.04 Å². The van der Waals surface area contributed by atoms with Gasteiger partial charge in [0.05, 0.1) is 6.54 Å². The molecule has 1 aliphatic heterocycles. The first-order valence-electron chi connectivity index (χ1n) is 9.36. The van der Waals surface area contributed by atoms with Gasteiger partial charge in [0.15, 0.2) is 0 Å². The number of carbonyl (C=O) groups excluding carboxylic acids is 1. The summed E-state index contributed by atoms with van der Waals surface area (Å²) in [4.78, 5) is 12.2. The molecule has 4 rings (SSSR count). The Labute approximate surface area is 154 Å². The number of ether oxygens (including phenoxy) is 1. The number of allylic oxidation sites excluding steroid dienone is 3. The zero-order valence-electron chi connectivity index (χ0n) is 14.9. The number of nitrogens with two attached hydrogens (primary N) is 1. The molecule has 6 nitrogen and oxygen atoms in total. The second-order valence-corrected chi connectivity index (χ2v) is 7.15. The number of fused-ring (bicyclic) bond motifs is 1. The van der Waals surface area contributed by atoms with Gasteiger partial charge in [0.25, 0.3) is 0 Å². The number of carbonyl (C=O) groups is 1. The van der Waals surface area contributed by atoms with Crippen molar-refractivity contribution >= 4 is 11.7 Å². The van der Waals surface area contributed by atoms with Gasteiger partial charge in [-0.2, -0.15) is 0 Å². The van der Waals surface area contributed by atoms with E-state index in [2.05, 4.69) is 34.0 Å². The lowest BCUT2D eigenvalue weighted by molar-refractivity contribution is -0.160. The summed E-state index contributed by atoms with van der Waals surface area (Å²) in [5.74, 6) is 0.105. The second kappa shape index (κ2) is 7.13. The number of benzene rings is 1. The largest absolute Gasteiger partial charge is 0.436 e. The Bertz CT molecular complexity index is 718. The van der Waals surface area contributed by atoms with Crippen LogP contribution in [0.1, 0.15) is 25.7 Å². The first-order chi connectivity index (χ1) is 12.7. The average Bonchev–Trinajstić information content (AvgIpc) is 3.26. The van der Waals surface area contributed by atoms with Crippen molar-refractivity contribution in [3.63, 3.8) is 0 Å². The van der Waals surface area contributed by atoms with Gasteiger partial charge in [0.2, 0.25) is 5.72 Å². The molecule has 3 aliphatic rings. The summed E-state index contributed by atoms with van der Waals surface area (Å²) >= 11 is 0. The second-order valence-electron chi connectivity index (χ2n) is 7.15.